The molecule has 118 valence electrons. The standard InChI is InChI=1S/2C5H9NO4.Ca/c2*6-3(5(9)10)1-2-4(7)8;/h2*3H,1-2,6H2,(H,7,8)(H,9,10);/t2*3-;/m00./s1. The zero-order valence-electron chi connectivity index (χ0n) is 11.3. The quantitative estimate of drug-likeness (QED) is 0.273. The monoisotopic (exact) mass is 334 g/mol. The van der Waals surface area contributed by atoms with E-state index in [1.54, 1.807) is 0 Å². The molecular formula is C10H18CaN2O8. The first-order valence-corrected chi connectivity index (χ1v) is 5.48. The molecule has 0 fully saturated rings. The van der Waals surface area contributed by atoms with Gasteiger partial charge < -0.3 is 31.9 Å². The average molecular weight is 334 g/mol. The van der Waals surface area contributed by atoms with Crippen LogP contribution in [0.1, 0.15) is 25.7 Å². The Kier molecular flexibility index (Phi) is 16.7. The topological polar surface area (TPSA) is 201 Å². The molecule has 0 aliphatic rings. The van der Waals surface area contributed by atoms with Gasteiger partial charge in [0.05, 0.1) is 0 Å². The van der Waals surface area contributed by atoms with Crippen molar-refractivity contribution in [1.29, 1.82) is 0 Å². The smallest absolute Gasteiger partial charge is 0.320 e. The van der Waals surface area contributed by atoms with E-state index in [1.165, 1.54) is 0 Å². The number of aliphatic carboxylic acids is 4. The van der Waals surface area contributed by atoms with Crippen molar-refractivity contribution >= 4 is 61.6 Å². The molecule has 0 amide bonds. The molecule has 10 nitrogen and oxygen atoms in total. The normalized spacial score (nSPS) is 11.9. The van der Waals surface area contributed by atoms with Crippen LogP contribution in [0.3, 0.4) is 0 Å². The molecule has 0 unspecified atom stereocenters. The summed E-state index contributed by atoms with van der Waals surface area (Å²) in [6, 6.07) is -2.12. The summed E-state index contributed by atoms with van der Waals surface area (Å²) < 4.78 is 0. The Morgan fingerprint density at radius 1 is 0.714 bits per heavy atom. The summed E-state index contributed by atoms with van der Waals surface area (Å²) in [6.07, 6.45) is -0.448. The van der Waals surface area contributed by atoms with E-state index in [0.717, 1.165) is 0 Å². The Morgan fingerprint density at radius 3 is 1.10 bits per heavy atom. The van der Waals surface area contributed by atoms with E-state index in [9.17, 15) is 19.2 Å². The molecule has 0 aromatic carbocycles. The van der Waals surface area contributed by atoms with Gasteiger partial charge in [-0.1, -0.05) is 0 Å². The third-order valence-electron chi connectivity index (χ3n) is 1.97. The molecule has 0 aromatic rings. The first-order chi connectivity index (χ1) is 9.07. The van der Waals surface area contributed by atoms with Gasteiger partial charge in [0.1, 0.15) is 12.1 Å². The van der Waals surface area contributed by atoms with E-state index in [-0.39, 0.29) is 63.4 Å². The van der Waals surface area contributed by atoms with Crippen LogP contribution >= 0.6 is 0 Å². The van der Waals surface area contributed by atoms with Gasteiger partial charge in [0.25, 0.3) is 0 Å². The Balaban J connectivity index is -0.000000295. The maximum atomic E-state index is 9.99. The molecule has 0 heterocycles. The van der Waals surface area contributed by atoms with Crippen molar-refractivity contribution in [2.75, 3.05) is 0 Å². The Hall–Kier alpha value is -0.940. The number of carbonyl (C=O) groups is 4. The van der Waals surface area contributed by atoms with Crippen molar-refractivity contribution in [3.8, 4) is 0 Å². The van der Waals surface area contributed by atoms with Crippen molar-refractivity contribution in [2.24, 2.45) is 11.5 Å². The van der Waals surface area contributed by atoms with Gasteiger partial charge in [-0.2, -0.15) is 0 Å². The van der Waals surface area contributed by atoms with Crippen molar-refractivity contribution in [2.45, 2.75) is 37.8 Å². The minimum Gasteiger partial charge on any atom is -0.481 e. The van der Waals surface area contributed by atoms with Crippen LogP contribution in [0.25, 0.3) is 0 Å². The average Bonchev–Trinajstić information content (AvgIpc) is 2.33. The molecule has 0 aliphatic heterocycles. The van der Waals surface area contributed by atoms with Gasteiger partial charge in [0.15, 0.2) is 0 Å². The van der Waals surface area contributed by atoms with Crippen molar-refractivity contribution < 1.29 is 39.6 Å². The summed E-state index contributed by atoms with van der Waals surface area (Å²) in [5.41, 5.74) is 10.0. The summed E-state index contributed by atoms with van der Waals surface area (Å²) in [5, 5.41) is 32.5. The molecule has 2 radical (unpaired) electrons. The van der Waals surface area contributed by atoms with E-state index in [2.05, 4.69) is 0 Å². The molecule has 0 aromatic heterocycles. The van der Waals surface area contributed by atoms with E-state index in [1.807, 2.05) is 0 Å². The molecule has 0 rings (SSSR count). The van der Waals surface area contributed by atoms with Gasteiger partial charge in [0.2, 0.25) is 0 Å². The number of hydrogen-bond donors (Lipinski definition) is 6. The third-order valence-corrected chi connectivity index (χ3v) is 1.97. The molecule has 2 atom stereocenters. The van der Waals surface area contributed by atoms with Crippen molar-refractivity contribution in [3.05, 3.63) is 0 Å². The van der Waals surface area contributed by atoms with Gasteiger partial charge in [-0.3, -0.25) is 19.2 Å². The van der Waals surface area contributed by atoms with Crippen molar-refractivity contribution in [1.82, 2.24) is 0 Å². The summed E-state index contributed by atoms with van der Waals surface area (Å²) >= 11 is 0. The Labute approximate surface area is 150 Å². The molecule has 0 spiro atoms. The fourth-order valence-electron chi connectivity index (χ4n) is 0.805. The molecular weight excluding hydrogens is 316 g/mol. The summed E-state index contributed by atoms with van der Waals surface area (Å²) in [4.78, 5) is 39.7. The number of nitrogens with two attached hydrogens (primary N) is 2. The number of carboxylic acids is 4. The zero-order chi connectivity index (χ0) is 16.3. The summed E-state index contributed by atoms with van der Waals surface area (Å²) in [5.74, 6) is -4.39. The molecule has 8 N–H and O–H groups in total. The van der Waals surface area contributed by atoms with Crippen LogP contribution in [-0.4, -0.2) is 94.1 Å². The first kappa shape index (κ1) is 25.0. The molecule has 11 heteroatoms. The van der Waals surface area contributed by atoms with Crippen LogP contribution in [0, 0.1) is 0 Å². The van der Waals surface area contributed by atoms with E-state index >= 15 is 0 Å². The van der Waals surface area contributed by atoms with Crippen LogP contribution in [0.4, 0.5) is 0 Å². The van der Waals surface area contributed by atoms with E-state index in [0.29, 0.717) is 0 Å². The first-order valence-electron chi connectivity index (χ1n) is 5.48. The van der Waals surface area contributed by atoms with E-state index in [4.69, 9.17) is 31.9 Å². The fourth-order valence-corrected chi connectivity index (χ4v) is 0.805. The van der Waals surface area contributed by atoms with Crippen LogP contribution in [0.2, 0.25) is 0 Å². The number of carboxylic acid groups (broad SMARTS) is 4. The van der Waals surface area contributed by atoms with Crippen LogP contribution in [0.15, 0.2) is 0 Å². The zero-order valence-corrected chi connectivity index (χ0v) is 13.5. The SMILES string of the molecule is N[C@@H](CCC(=O)O)C(=O)O.N[C@@H](CCC(=O)O)C(=O)O.[Ca]. The predicted molar refractivity (Wildman–Crippen MR) is 70.7 cm³/mol. The third kappa shape index (κ3) is 19.1. The molecule has 0 saturated heterocycles. The van der Waals surface area contributed by atoms with Gasteiger partial charge >= 0.3 is 23.9 Å². The maximum Gasteiger partial charge on any atom is 0.320 e. The minimum absolute atomic E-state index is 0. The van der Waals surface area contributed by atoms with Gasteiger partial charge in [-0.15, -0.1) is 0 Å². The molecule has 21 heavy (non-hydrogen) atoms. The molecule has 0 bridgehead atoms. The van der Waals surface area contributed by atoms with Gasteiger partial charge in [-0.05, 0) is 12.8 Å². The van der Waals surface area contributed by atoms with Crippen LogP contribution < -0.4 is 11.5 Å². The second-order valence-electron chi connectivity index (χ2n) is 3.75. The van der Waals surface area contributed by atoms with Gasteiger partial charge in [0, 0.05) is 50.6 Å². The molecule has 0 aliphatic carbocycles. The number of rotatable bonds is 8. The predicted octanol–water partition coefficient (Wildman–Crippen LogP) is -1.85. The maximum absolute atomic E-state index is 9.99. The van der Waals surface area contributed by atoms with Crippen LogP contribution in [-0.2, 0) is 19.2 Å². The Bertz CT molecular complexity index is 329. The molecule has 0 saturated carbocycles. The minimum atomic E-state index is -1.17. The van der Waals surface area contributed by atoms with Crippen molar-refractivity contribution in [3.63, 3.8) is 0 Å². The fraction of sp³-hybridized carbons (Fsp3) is 0.600. The van der Waals surface area contributed by atoms with Crippen LogP contribution in [0.5, 0.6) is 0 Å². The van der Waals surface area contributed by atoms with Gasteiger partial charge in [-0.25, -0.2) is 0 Å². The van der Waals surface area contributed by atoms with E-state index < -0.39 is 36.0 Å². The number of hydrogen-bond acceptors (Lipinski definition) is 6. The summed E-state index contributed by atoms with van der Waals surface area (Å²) in [7, 11) is 0. The summed E-state index contributed by atoms with van der Waals surface area (Å²) in [6.45, 7) is 0. The second kappa shape index (κ2) is 14.0. The largest absolute Gasteiger partial charge is 0.481 e. The Morgan fingerprint density at radius 2 is 0.952 bits per heavy atom. The second-order valence-corrected chi connectivity index (χ2v) is 3.75.